The van der Waals surface area contributed by atoms with Crippen LogP contribution in [0.15, 0.2) is 24.3 Å². The molecule has 1 aliphatic rings. The summed E-state index contributed by atoms with van der Waals surface area (Å²) in [4.78, 5) is 13.7. The topological polar surface area (TPSA) is 65.4 Å². The molecule has 1 N–H and O–H groups in total. The second-order valence-corrected chi connectivity index (χ2v) is 8.98. The Morgan fingerprint density at radius 1 is 1.19 bits per heavy atom. The molecule has 0 saturated carbocycles. The zero-order valence-electron chi connectivity index (χ0n) is 19.2. The van der Waals surface area contributed by atoms with Gasteiger partial charge in [0.25, 0.3) is 0 Å². The van der Waals surface area contributed by atoms with E-state index in [0.717, 1.165) is 31.5 Å². The molecule has 0 spiro atoms. The number of ether oxygens (including phenoxy) is 1. The van der Waals surface area contributed by atoms with Crippen LogP contribution < -0.4 is 5.32 Å². The van der Waals surface area contributed by atoms with Crippen LogP contribution in [-0.4, -0.2) is 41.8 Å². The zero-order chi connectivity index (χ0) is 21.3. The van der Waals surface area contributed by atoms with Gasteiger partial charge < -0.3 is 15.0 Å². The van der Waals surface area contributed by atoms with Crippen LogP contribution in [0.1, 0.15) is 101 Å². The van der Waals surface area contributed by atoms with E-state index in [2.05, 4.69) is 39.1 Å². The number of hydrogen-bond donors (Lipinski definition) is 1. The maximum absolute atomic E-state index is 11.9. The van der Waals surface area contributed by atoms with Crippen LogP contribution in [0.3, 0.4) is 0 Å². The van der Waals surface area contributed by atoms with Crippen LogP contribution in [0.5, 0.6) is 0 Å². The van der Waals surface area contributed by atoms with Gasteiger partial charge in [-0.15, -0.1) is 0 Å². The third kappa shape index (κ3) is 15.8. The molecule has 1 unspecified atom stereocenters. The summed E-state index contributed by atoms with van der Waals surface area (Å²) in [7, 11) is 0. The fourth-order valence-corrected chi connectivity index (χ4v) is 3.04. The molecule has 1 atom stereocenters. The monoisotopic (exact) mass is 524 g/mol. The van der Waals surface area contributed by atoms with E-state index < -0.39 is 5.60 Å². The number of hydrogen-bond acceptors (Lipinski definition) is 4. The summed E-state index contributed by atoms with van der Waals surface area (Å²) in [5.41, 5.74) is 1.57. The zero-order valence-corrected chi connectivity index (χ0v) is 22.0. The van der Waals surface area contributed by atoms with Crippen LogP contribution in [-0.2, 0) is 37.4 Å². The van der Waals surface area contributed by atoms with Gasteiger partial charge in [0.05, 0.1) is 11.6 Å². The number of rotatable bonds is 3. The summed E-state index contributed by atoms with van der Waals surface area (Å²) in [5, 5.41) is 12.1. The molecular formula is C26H49N3O2Y. The summed E-state index contributed by atoms with van der Waals surface area (Å²) in [6.45, 7) is 15.8. The van der Waals surface area contributed by atoms with Crippen molar-refractivity contribution in [3.8, 4) is 6.07 Å². The van der Waals surface area contributed by atoms with E-state index in [1.807, 2.05) is 49.9 Å². The van der Waals surface area contributed by atoms with E-state index in [4.69, 9.17) is 10.00 Å². The Balaban J connectivity index is -0.000000232. The Labute approximate surface area is 224 Å². The number of carbonyl (C=O) groups is 1. The maximum atomic E-state index is 11.9. The molecule has 32 heavy (non-hydrogen) atoms. The van der Waals surface area contributed by atoms with Crippen LogP contribution in [0, 0.1) is 11.3 Å². The van der Waals surface area contributed by atoms with Gasteiger partial charge >= 0.3 is 6.09 Å². The number of nitrogens with one attached hydrogen (secondary N) is 1. The minimum Gasteiger partial charge on any atom is -0.444 e. The first-order valence-electron chi connectivity index (χ1n) is 10.3. The third-order valence-electron chi connectivity index (χ3n) is 4.32. The molecule has 1 aliphatic heterocycles. The van der Waals surface area contributed by atoms with Crippen molar-refractivity contribution in [2.75, 3.05) is 13.1 Å². The predicted molar refractivity (Wildman–Crippen MR) is 135 cm³/mol. The summed E-state index contributed by atoms with van der Waals surface area (Å²) in [5.74, 6) is 0.503. The quantitative estimate of drug-likeness (QED) is 0.464. The van der Waals surface area contributed by atoms with Gasteiger partial charge in [0.2, 0.25) is 0 Å². The van der Waals surface area contributed by atoms with E-state index in [1.54, 1.807) is 0 Å². The van der Waals surface area contributed by atoms with Crippen molar-refractivity contribution in [2.45, 2.75) is 107 Å². The van der Waals surface area contributed by atoms with Gasteiger partial charge in [0.1, 0.15) is 5.60 Å². The van der Waals surface area contributed by atoms with Crippen LogP contribution in [0.4, 0.5) is 4.79 Å². The normalized spacial score (nSPS) is 14.9. The molecule has 1 aromatic carbocycles. The van der Waals surface area contributed by atoms with Crippen LogP contribution >= 0.6 is 0 Å². The summed E-state index contributed by atoms with van der Waals surface area (Å²) in [6.07, 6.45) is 1.99. The first-order chi connectivity index (χ1) is 13.0. The van der Waals surface area contributed by atoms with Crippen molar-refractivity contribution >= 4 is 6.09 Å². The molecule has 5 nitrogen and oxygen atoms in total. The second-order valence-electron chi connectivity index (χ2n) is 8.98. The minimum atomic E-state index is -0.407. The number of likely N-dealkylation sites (tertiary alicyclic amines) is 1. The Kier molecular flexibility index (Phi) is 22.1. The molecule has 183 valence electrons. The summed E-state index contributed by atoms with van der Waals surface area (Å²) in [6, 6.07) is 10.7. The fourth-order valence-electron chi connectivity index (χ4n) is 3.04. The number of carbonyl (C=O) groups excluding carboxylic acids is 1. The van der Waals surface area contributed by atoms with Gasteiger partial charge in [0.15, 0.2) is 0 Å². The van der Waals surface area contributed by atoms with Crippen molar-refractivity contribution in [3.05, 3.63) is 35.4 Å². The molecular weight excluding hydrogens is 475 g/mol. The number of piperidine rings is 1. The number of benzene rings is 1. The number of nitriles is 1. The van der Waals surface area contributed by atoms with Crippen molar-refractivity contribution in [1.82, 2.24) is 10.2 Å². The van der Waals surface area contributed by atoms with Gasteiger partial charge in [-0.2, -0.15) is 5.26 Å². The van der Waals surface area contributed by atoms with E-state index in [0.29, 0.717) is 18.0 Å². The Morgan fingerprint density at radius 2 is 1.78 bits per heavy atom. The Bertz CT molecular complexity index is 664. The maximum Gasteiger partial charge on any atom is 0.410 e. The van der Waals surface area contributed by atoms with Crippen molar-refractivity contribution in [2.24, 2.45) is 0 Å². The average Bonchev–Trinajstić information content (AvgIpc) is 2.60. The molecule has 0 aliphatic carbocycles. The van der Waals surface area contributed by atoms with Gasteiger partial charge in [-0.1, -0.05) is 62.1 Å². The third-order valence-corrected chi connectivity index (χ3v) is 4.32. The average molecular weight is 525 g/mol. The molecule has 1 heterocycles. The molecule has 1 aromatic rings. The molecule has 0 aromatic heterocycles. The van der Waals surface area contributed by atoms with E-state index in [1.165, 1.54) is 5.56 Å². The Hall–Kier alpha value is -0.956. The molecule has 1 saturated heterocycles. The van der Waals surface area contributed by atoms with Gasteiger partial charge in [-0.3, -0.25) is 0 Å². The van der Waals surface area contributed by atoms with Gasteiger partial charge in [0, 0.05) is 57.9 Å². The number of amides is 1. The summed E-state index contributed by atoms with van der Waals surface area (Å²) < 4.78 is 5.39. The minimum absolute atomic E-state index is 0. The molecule has 6 heteroatoms. The first-order valence-corrected chi connectivity index (χ1v) is 10.3. The van der Waals surface area contributed by atoms with Crippen LogP contribution in [0.25, 0.3) is 0 Å². The first kappa shape index (κ1) is 38.3. The Morgan fingerprint density at radius 3 is 2.25 bits per heavy atom. The van der Waals surface area contributed by atoms with Crippen molar-refractivity contribution < 1.29 is 42.2 Å². The molecule has 0 bridgehead atoms. The van der Waals surface area contributed by atoms with Gasteiger partial charge in [-0.05, 0) is 57.2 Å². The van der Waals surface area contributed by atoms with Crippen LogP contribution in [0.2, 0.25) is 0 Å². The van der Waals surface area contributed by atoms with Gasteiger partial charge in [-0.25, -0.2) is 4.79 Å². The predicted octanol–water partition coefficient (Wildman–Crippen LogP) is 6.97. The summed E-state index contributed by atoms with van der Waals surface area (Å²) >= 11 is 0. The smallest absolute Gasteiger partial charge is 0.410 e. The van der Waals surface area contributed by atoms with Crippen molar-refractivity contribution in [1.29, 1.82) is 5.26 Å². The largest absolute Gasteiger partial charge is 0.444 e. The molecule has 1 amide bonds. The molecule has 2 rings (SSSR count). The molecule has 1 fully saturated rings. The fraction of sp³-hybridized carbons (Fsp3) is 0.692. The second kappa shape index (κ2) is 18.5. The van der Waals surface area contributed by atoms with Crippen molar-refractivity contribution in [3.63, 3.8) is 0 Å². The van der Waals surface area contributed by atoms with E-state index in [9.17, 15) is 4.79 Å². The number of nitrogens with zero attached hydrogens (tertiary/aromatic N) is 2. The van der Waals surface area contributed by atoms with E-state index in [-0.39, 0.29) is 61.1 Å². The van der Waals surface area contributed by atoms with E-state index >= 15 is 0 Å². The molecule has 1 radical (unpaired) electrons. The standard InChI is InChI=1S/C13H26N2O2.C10H11N.3CH4.Y/c1-10(2)14-11-7-6-8-15(9-11)12(16)17-13(3,4)5;1-8(2)10-5-3-4-9(6-10)7-11;;;;/h10-11,14H,6-9H2,1-5H3;3-6,8H,1-2H3;3*1H4;. The SMILES string of the molecule is C.C.C.CC(C)NC1CCCN(C(=O)OC(C)(C)C)C1.CC(C)c1cccc(C#N)c1.[Y].